The van der Waals surface area contributed by atoms with Gasteiger partial charge in [-0.15, -0.1) is 0 Å². The predicted octanol–water partition coefficient (Wildman–Crippen LogP) is 4.04. The second-order valence-corrected chi connectivity index (χ2v) is 8.41. The van der Waals surface area contributed by atoms with Gasteiger partial charge in [-0.2, -0.15) is 0 Å². The zero-order chi connectivity index (χ0) is 21.4. The molecule has 0 spiro atoms. The number of unbranched alkanes of at least 4 members (excludes halogenated alkanes) is 2. The van der Waals surface area contributed by atoms with E-state index in [1.165, 1.54) is 0 Å². The summed E-state index contributed by atoms with van der Waals surface area (Å²) in [4.78, 5) is 28.1. The highest BCUT2D eigenvalue weighted by Crippen LogP contribution is 2.29. The fourth-order valence-corrected chi connectivity index (χ4v) is 3.79. The molecule has 0 saturated carbocycles. The van der Waals surface area contributed by atoms with Crippen molar-refractivity contribution in [3.63, 3.8) is 0 Å². The Morgan fingerprint density at radius 3 is 2.45 bits per heavy atom. The van der Waals surface area contributed by atoms with Crippen LogP contribution in [-0.2, 0) is 9.59 Å². The van der Waals surface area contributed by atoms with Crippen molar-refractivity contribution >= 4 is 52.1 Å². The van der Waals surface area contributed by atoms with E-state index >= 15 is 0 Å². The SMILES string of the molecule is CCCCCC(=O)NC(=S)Nc1ccc(N2CCN(C(=O)C(C)C)CC2)c(Cl)c1. The summed E-state index contributed by atoms with van der Waals surface area (Å²) in [5, 5.41) is 6.59. The summed E-state index contributed by atoms with van der Waals surface area (Å²) < 4.78 is 0. The number of anilines is 2. The molecular formula is C21H31ClN4O2S. The average molecular weight is 439 g/mol. The number of halogens is 1. The normalized spacial score (nSPS) is 14.1. The lowest BCUT2D eigenvalue weighted by molar-refractivity contribution is -0.134. The summed E-state index contributed by atoms with van der Waals surface area (Å²) in [5.74, 6) is 0.138. The first-order valence-corrected chi connectivity index (χ1v) is 11.0. The first-order chi connectivity index (χ1) is 13.8. The van der Waals surface area contributed by atoms with Crippen molar-refractivity contribution in [2.75, 3.05) is 36.4 Å². The summed E-state index contributed by atoms with van der Waals surface area (Å²) >= 11 is 11.7. The van der Waals surface area contributed by atoms with Gasteiger partial charge in [0.05, 0.1) is 10.7 Å². The fraction of sp³-hybridized carbons (Fsp3) is 0.571. The lowest BCUT2D eigenvalue weighted by Gasteiger charge is -2.37. The molecule has 1 aromatic carbocycles. The number of thiocarbonyl (C=S) groups is 1. The molecular weight excluding hydrogens is 408 g/mol. The van der Waals surface area contributed by atoms with Crippen LogP contribution in [0.25, 0.3) is 0 Å². The Balaban J connectivity index is 1.88. The van der Waals surface area contributed by atoms with Crippen LogP contribution in [-0.4, -0.2) is 48.0 Å². The maximum Gasteiger partial charge on any atom is 0.226 e. The third kappa shape index (κ3) is 7.16. The third-order valence-electron chi connectivity index (χ3n) is 4.89. The largest absolute Gasteiger partial charge is 0.367 e. The first kappa shape index (κ1) is 23.4. The molecule has 0 bridgehead atoms. The minimum Gasteiger partial charge on any atom is -0.367 e. The molecule has 1 saturated heterocycles. The second-order valence-electron chi connectivity index (χ2n) is 7.59. The number of rotatable bonds is 7. The Morgan fingerprint density at radius 2 is 1.86 bits per heavy atom. The summed E-state index contributed by atoms with van der Waals surface area (Å²) in [6.07, 6.45) is 3.44. The molecule has 1 aliphatic heterocycles. The van der Waals surface area contributed by atoms with Crippen LogP contribution in [0.4, 0.5) is 11.4 Å². The molecule has 2 rings (SSSR count). The molecule has 29 heavy (non-hydrogen) atoms. The third-order valence-corrected chi connectivity index (χ3v) is 5.40. The van der Waals surface area contributed by atoms with Crippen molar-refractivity contribution in [3.05, 3.63) is 23.2 Å². The highest BCUT2D eigenvalue weighted by Gasteiger charge is 2.24. The van der Waals surface area contributed by atoms with Crippen molar-refractivity contribution in [1.82, 2.24) is 10.2 Å². The number of carbonyl (C=O) groups is 2. The maximum atomic E-state index is 12.1. The van der Waals surface area contributed by atoms with Crippen molar-refractivity contribution < 1.29 is 9.59 Å². The van der Waals surface area contributed by atoms with Gasteiger partial charge in [0.25, 0.3) is 0 Å². The van der Waals surface area contributed by atoms with E-state index in [0.29, 0.717) is 24.5 Å². The molecule has 1 heterocycles. The maximum absolute atomic E-state index is 12.1. The van der Waals surface area contributed by atoms with Gasteiger partial charge in [0.1, 0.15) is 0 Å². The van der Waals surface area contributed by atoms with Crippen LogP contribution in [0.1, 0.15) is 46.5 Å². The molecule has 0 unspecified atom stereocenters. The molecule has 6 nitrogen and oxygen atoms in total. The van der Waals surface area contributed by atoms with Gasteiger partial charge in [-0.05, 0) is 36.8 Å². The number of hydrogen-bond acceptors (Lipinski definition) is 4. The Hall–Kier alpha value is -1.86. The smallest absolute Gasteiger partial charge is 0.226 e. The molecule has 1 aromatic rings. The Bertz CT molecular complexity index is 733. The van der Waals surface area contributed by atoms with Gasteiger partial charge in [-0.25, -0.2) is 0 Å². The first-order valence-electron chi connectivity index (χ1n) is 10.3. The van der Waals surface area contributed by atoms with E-state index in [4.69, 9.17) is 23.8 Å². The van der Waals surface area contributed by atoms with Gasteiger partial charge in [0.15, 0.2) is 5.11 Å². The predicted molar refractivity (Wildman–Crippen MR) is 124 cm³/mol. The van der Waals surface area contributed by atoms with Crippen LogP contribution in [0.3, 0.4) is 0 Å². The van der Waals surface area contributed by atoms with E-state index in [9.17, 15) is 9.59 Å². The van der Waals surface area contributed by atoms with Crippen molar-refractivity contribution in [1.29, 1.82) is 0 Å². The quantitative estimate of drug-likeness (QED) is 0.497. The Kier molecular flexibility index (Phi) is 9.17. The van der Waals surface area contributed by atoms with Gasteiger partial charge in [0.2, 0.25) is 11.8 Å². The van der Waals surface area contributed by atoms with Gasteiger partial charge < -0.3 is 20.4 Å². The van der Waals surface area contributed by atoms with Crippen LogP contribution in [0.2, 0.25) is 5.02 Å². The molecule has 160 valence electrons. The van der Waals surface area contributed by atoms with Gasteiger partial charge in [-0.3, -0.25) is 9.59 Å². The van der Waals surface area contributed by atoms with E-state index < -0.39 is 0 Å². The molecule has 0 aromatic heterocycles. The highest BCUT2D eigenvalue weighted by atomic mass is 35.5. The lowest BCUT2D eigenvalue weighted by atomic mass is 10.1. The summed E-state index contributed by atoms with van der Waals surface area (Å²) in [6, 6.07) is 5.64. The molecule has 0 atom stereocenters. The monoisotopic (exact) mass is 438 g/mol. The molecule has 2 N–H and O–H groups in total. The average Bonchev–Trinajstić information content (AvgIpc) is 2.67. The number of piperazine rings is 1. The van der Waals surface area contributed by atoms with Gasteiger partial charge >= 0.3 is 0 Å². The van der Waals surface area contributed by atoms with Crippen molar-refractivity contribution in [2.24, 2.45) is 5.92 Å². The molecule has 2 amide bonds. The minimum absolute atomic E-state index is 0.0199. The minimum atomic E-state index is -0.0764. The highest BCUT2D eigenvalue weighted by molar-refractivity contribution is 7.80. The van der Waals surface area contributed by atoms with Crippen molar-refractivity contribution in [3.8, 4) is 0 Å². The molecule has 8 heteroatoms. The number of carbonyl (C=O) groups excluding carboxylic acids is 2. The number of amides is 2. The van der Waals surface area contributed by atoms with E-state index in [0.717, 1.165) is 43.7 Å². The zero-order valence-electron chi connectivity index (χ0n) is 17.5. The number of nitrogens with one attached hydrogen (secondary N) is 2. The van der Waals surface area contributed by atoms with Gasteiger partial charge in [0, 0.05) is 44.2 Å². The molecule has 1 aliphatic rings. The van der Waals surface area contributed by atoms with E-state index in [2.05, 4.69) is 22.5 Å². The number of hydrogen-bond donors (Lipinski definition) is 2. The van der Waals surface area contributed by atoms with E-state index in [-0.39, 0.29) is 22.8 Å². The zero-order valence-corrected chi connectivity index (χ0v) is 19.0. The summed E-state index contributed by atoms with van der Waals surface area (Å²) in [5.41, 5.74) is 1.66. The van der Waals surface area contributed by atoms with Crippen molar-refractivity contribution in [2.45, 2.75) is 46.5 Å². The number of nitrogens with zero attached hydrogens (tertiary/aromatic N) is 2. The van der Waals surface area contributed by atoms with E-state index in [1.54, 1.807) is 6.07 Å². The van der Waals surface area contributed by atoms with Gasteiger partial charge in [-0.1, -0.05) is 45.2 Å². The summed E-state index contributed by atoms with van der Waals surface area (Å²) in [6.45, 7) is 8.84. The molecule has 1 fully saturated rings. The Morgan fingerprint density at radius 1 is 1.17 bits per heavy atom. The fourth-order valence-electron chi connectivity index (χ4n) is 3.26. The van der Waals surface area contributed by atoms with E-state index in [1.807, 2.05) is 30.9 Å². The Labute approximate surface area is 184 Å². The van der Waals surface area contributed by atoms with Crippen LogP contribution in [0, 0.1) is 5.92 Å². The lowest BCUT2D eigenvalue weighted by Crippen LogP contribution is -2.50. The number of benzene rings is 1. The standard InChI is InChI=1S/C21H31ClN4O2S/c1-4-5-6-7-19(27)24-21(29)23-16-8-9-18(17(22)14-16)25-10-12-26(13-11-25)20(28)15(2)3/h8-9,14-15H,4-7,10-13H2,1-3H3,(H2,23,24,27,29). The topological polar surface area (TPSA) is 64.7 Å². The van der Waals surface area contributed by atoms with Crippen LogP contribution < -0.4 is 15.5 Å². The van der Waals surface area contributed by atoms with Crippen LogP contribution in [0.5, 0.6) is 0 Å². The molecule has 0 aliphatic carbocycles. The summed E-state index contributed by atoms with van der Waals surface area (Å²) in [7, 11) is 0. The van der Waals surface area contributed by atoms with Crippen LogP contribution in [0.15, 0.2) is 18.2 Å². The second kappa shape index (κ2) is 11.4. The molecule has 0 radical (unpaired) electrons. The van der Waals surface area contributed by atoms with Crippen LogP contribution >= 0.6 is 23.8 Å².